The van der Waals surface area contributed by atoms with Crippen molar-refractivity contribution in [3.05, 3.63) is 28.8 Å². The molecule has 0 aliphatic heterocycles. The number of aliphatic carboxylic acids is 1. The molecule has 0 radical (unpaired) electrons. The molecule has 0 atom stereocenters. The number of unbranched alkanes of at least 4 members (excludes halogenated alkanes) is 1. The molecule has 1 rings (SSSR count). The van der Waals surface area contributed by atoms with Crippen molar-refractivity contribution in [2.24, 2.45) is 0 Å². The Balaban J connectivity index is 2.45. The Hall–Kier alpha value is -1.22. The first-order valence-corrected chi connectivity index (χ1v) is 5.55. The number of aryl methyl sites for hydroxylation is 1. The van der Waals surface area contributed by atoms with E-state index in [1.54, 1.807) is 13.2 Å². The van der Waals surface area contributed by atoms with E-state index >= 15 is 0 Å². The maximum Gasteiger partial charge on any atom is 0.303 e. The molecular formula is C12H15ClO3. The normalized spacial score (nSPS) is 10.1. The minimum absolute atomic E-state index is 0.216. The van der Waals surface area contributed by atoms with E-state index in [1.807, 2.05) is 12.1 Å². The predicted octanol–water partition coefficient (Wildman–Crippen LogP) is 3.15. The average molecular weight is 243 g/mol. The molecule has 16 heavy (non-hydrogen) atoms. The molecule has 0 unspecified atom stereocenters. The molecule has 0 bridgehead atoms. The minimum atomic E-state index is -0.749. The van der Waals surface area contributed by atoms with Crippen LogP contribution in [0.15, 0.2) is 18.2 Å². The van der Waals surface area contributed by atoms with Crippen LogP contribution in [0, 0.1) is 0 Å². The van der Waals surface area contributed by atoms with Gasteiger partial charge in [-0.25, -0.2) is 0 Å². The molecular weight excluding hydrogens is 228 g/mol. The van der Waals surface area contributed by atoms with Crippen molar-refractivity contribution in [2.75, 3.05) is 7.11 Å². The Morgan fingerprint density at radius 3 is 2.75 bits per heavy atom. The van der Waals surface area contributed by atoms with Crippen molar-refractivity contribution < 1.29 is 14.6 Å². The first-order chi connectivity index (χ1) is 7.63. The number of carbonyl (C=O) groups is 1. The Kier molecular flexibility index (Phi) is 5.12. The molecule has 1 N–H and O–H groups in total. The van der Waals surface area contributed by atoms with Crippen molar-refractivity contribution in [3.8, 4) is 5.75 Å². The van der Waals surface area contributed by atoms with Crippen LogP contribution in [-0.4, -0.2) is 18.2 Å². The van der Waals surface area contributed by atoms with Gasteiger partial charge in [0.2, 0.25) is 0 Å². The van der Waals surface area contributed by atoms with Gasteiger partial charge >= 0.3 is 5.97 Å². The van der Waals surface area contributed by atoms with Crippen molar-refractivity contribution >= 4 is 17.6 Å². The molecule has 1 aromatic carbocycles. The summed E-state index contributed by atoms with van der Waals surface area (Å²) in [6.07, 6.45) is 2.53. The first kappa shape index (κ1) is 12.8. The number of hydrogen-bond donors (Lipinski definition) is 1. The van der Waals surface area contributed by atoms with Crippen LogP contribution in [-0.2, 0) is 11.2 Å². The van der Waals surface area contributed by atoms with E-state index in [2.05, 4.69) is 0 Å². The van der Waals surface area contributed by atoms with E-state index in [9.17, 15) is 4.79 Å². The van der Waals surface area contributed by atoms with Gasteiger partial charge in [-0.05, 0) is 37.0 Å². The zero-order valence-electron chi connectivity index (χ0n) is 9.20. The maximum absolute atomic E-state index is 10.3. The highest BCUT2D eigenvalue weighted by atomic mass is 35.5. The van der Waals surface area contributed by atoms with Crippen LogP contribution in [0.3, 0.4) is 0 Å². The molecule has 0 saturated carbocycles. The van der Waals surface area contributed by atoms with Crippen molar-refractivity contribution in [2.45, 2.75) is 25.7 Å². The second kappa shape index (κ2) is 6.38. The van der Waals surface area contributed by atoms with Crippen LogP contribution in [0.1, 0.15) is 24.8 Å². The SMILES string of the molecule is COc1ccc(CCCCC(=O)O)c(Cl)c1. The molecule has 3 nitrogen and oxygen atoms in total. The van der Waals surface area contributed by atoms with Gasteiger partial charge in [0.1, 0.15) is 5.75 Å². The highest BCUT2D eigenvalue weighted by Crippen LogP contribution is 2.23. The van der Waals surface area contributed by atoms with E-state index in [0.717, 1.165) is 24.2 Å². The van der Waals surface area contributed by atoms with Gasteiger partial charge in [-0.3, -0.25) is 4.79 Å². The third kappa shape index (κ3) is 4.11. The monoisotopic (exact) mass is 242 g/mol. The number of carboxylic acid groups (broad SMARTS) is 1. The van der Waals surface area contributed by atoms with E-state index in [-0.39, 0.29) is 6.42 Å². The lowest BCUT2D eigenvalue weighted by molar-refractivity contribution is -0.137. The summed E-state index contributed by atoms with van der Waals surface area (Å²) in [5.74, 6) is -0.0138. The molecule has 0 fully saturated rings. The minimum Gasteiger partial charge on any atom is -0.497 e. The Labute approximate surface area is 100.0 Å². The summed E-state index contributed by atoms with van der Waals surface area (Å²) >= 11 is 6.05. The largest absolute Gasteiger partial charge is 0.497 e. The number of methoxy groups -OCH3 is 1. The molecule has 0 amide bonds. The quantitative estimate of drug-likeness (QED) is 0.780. The number of benzene rings is 1. The van der Waals surface area contributed by atoms with Gasteiger partial charge < -0.3 is 9.84 Å². The van der Waals surface area contributed by atoms with Gasteiger partial charge in [0.25, 0.3) is 0 Å². The standard InChI is InChI=1S/C12H15ClO3/c1-16-10-7-6-9(11(13)8-10)4-2-3-5-12(14)15/h6-8H,2-5H2,1H3,(H,14,15). The van der Waals surface area contributed by atoms with Crippen LogP contribution in [0.4, 0.5) is 0 Å². The lowest BCUT2D eigenvalue weighted by Gasteiger charge is -2.06. The molecule has 0 saturated heterocycles. The third-order valence-corrected chi connectivity index (χ3v) is 2.70. The second-order valence-corrected chi connectivity index (χ2v) is 3.97. The molecule has 0 aromatic heterocycles. The third-order valence-electron chi connectivity index (χ3n) is 2.35. The number of rotatable bonds is 6. The van der Waals surface area contributed by atoms with Crippen LogP contribution in [0.25, 0.3) is 0 Å². The molecule has 0 aliphatic carbocycles. The van der Waals surface area contributed by atoms with Gasteiger partial charge in [-0.15, -0.1) is 0 Å². The fourth-order valence-corrected chi connectivity index (χ4v) is 1.71. The van der Waals surface area contributed by atoms with Crippen LogP contribution < -0.4 is 4.74 Å². The number of halogens is 1. The molecule has 0 heterocycles. The smallest absolute Gasteiger partial charge is 0.303 e. The molecule has 1 aromatic rings. The summed E-state index contributed by atoms with van der Waals surface area (Å²) in [5, 5.41) is 9.17. The summed E-state index contributed by atoms with van der Waals surface area (Å²) in [6, 6.07) is 5.55. The Bertz CT molecular complexity index is 363. The fourth-order valence-electron chi connectivity index (χ4n) is 1.45. The van der Waals surface area contributed by atoms with Gasteiger partial charge in [0.05, 0.1) is 7.11 Å². The number of carboxylic acids is 1. The summed E-state index contributed by atoms with van der Waals surface area (Å²) in [6.45, 7) is 0. The van der Waals surface area contributed by atoms with Crippen LogP contribution in [0.5, 0.6) is 5.75 Å². The number of hydrogen-bond acceptors (Lipinski definition) is 2. The van der Waals surface area contributed by atoms with Gasteiger partial charge in [-0.1, -0.05) is 17.7 Å². The maximum atomic E-state index is 10.3. The number of ether oxygens (including phenoxy) is 1. The molecule has 0 aliphatic rings. The summed E-state index contributed by atoms with van der Waals surface area (Å²) in [5.41, 5.74) is 1.04. The Morgan fingerprint density at radius 2 is 2.19 bits per heavy atom. The lowest BCUT2D eigenvalue weighted by Crippen LogP contribution is -1.95. The van der Waals surface area contributed by atoms with Crippen molar-refractivity contribution in [1.29, 1.82) is 0 Å². The van der Waals surface area contributed by atoms with E-state index < -0.39 is 5.97 Å². The molecule has 88 valence electrons. The van der Waals surface area contributed by atoms with Crippen LogP contribution in [0.2, 0.25) is 5.02 Å². The van der Waals surface area contributed by atoms with Crippen molar-refractivity contribution in [1.82, 2.24) is 0 Å². The van der Waals surface area contributed by atoms with Gasteiger partial charge in [0, 0.05) is 11.4 Å². The van der Waals surface area contributed by atoms with Crippen LogP contribution >= 0.6 is 11.6 Å². The van der Waals surface area contributed by atoms with E-state index in [4.69, 9.17) is 21.4 Å². The van der Waals surface area contributed by atoms with Crippen molar-refractivity contribution in [3.63, 3.8) is 0 Å². The zero-order valence-corrected chi connectivity index (χ0v) is 9.96. The Morgan fingerprint density at radius 1 is 1.44 bits per heavy atom. The summed E-state index contributed by atoms with van der Waals surface area (Å²) in [4.78, 5) is 10.3. The van der Waals surface area contributed by atoms with Gasteiger partial charge in [-0.2, -0.15) is 0 Å². The lowest BCUT2D eigenvalue weighted by atomic mass is 10.1. The summed E-state index contributed by atoms with van der Waals surface area (Å²) in [7, 11) is 1.60. The highest BCUT2D eigenvalue weighted by molar-refractivity contribution is 6.31. The summed E-state index contributed by atoms with van der Waals surface area (Å²) < 4.78 is 5.04. The average Bonchev–Trinajstić information content (AvgIpc) is 2.25. The zero-order chi connectivity index (χ0) is 12.0. The fraction of sp³-hybridized carbons (Fsp3) is 0.417. The highest BCUT2D eigenvalue weighted by Gasteiger charge is 2.03. The predicted molar refractivity (Wildman–Crippen MR) is 63.2 cm³/mol. The van der Waals surface area contributed by atoms with E-state index in [1.165, 1.54) is 0 Å². The molecule has 0 spiro atoms. The van der Waals surface area contributed by atoms with Gasteiger partial charge in [0.15, 0.2) is 0 Å². The second-order valence-electron chi connectivity index (χ2n) is 3.56. The van der Waals surface area contributed by atoms with E-state index in [0.29, 0.717) is 11.4 Å². The first-order valence-electron chi connectivity index (χ1n) is 5.17. The topological polar surface area (TPSA) is 46.5 Å². The molecule has 4 heteroatoms.